The summed E-state index contributed by atoms with van der Waals surface area (Å²) in [5.41, 5.74) is 2.87. The average molecular weight is 506 g/mol. The Labute approximate surface area is 212 Å². The van der Waals surface area contributed by atoms with Crippen LogP contribution in [-0.2, 0) is 18.8 Å². The van der Waals surface area contributed by atoms with Crippen LogP contribution in [0.15, 0.2) is 67.1 Å². The minimum Gasteiger partial charge on any atom is -0.457 e. The number of hydrogen-bond acceptors (Lipinski definition) is 6. The lowest BCUT2D eigenvalue weighted by molar-refractivity contribution is -0.161. The lowest BCUT2D eigenvalue weighted by Crippen LogP contribution is -2.63. The summed E-state index contributed by atoms with van der Waals surface area (Å²) in [6.45, 7) is 11.9. The lowest BCUT2D eigenvalue weighted by Gasteiger charge is -2.47. The van der Waals surface area contributed by atoms with Crippen LogP contribution in [0.2, 0.25) is 19.6 Å². The van der Waals surface area contributed by atoms with E-state index < -0.39 is 14.3 Å². The summed E-state index contributed by atoms with van der Waals surface area (Å²) < 4.78 is 11.5. The highest BCUT2D eigenvalue weighted by molar-refractivity contribution is 6.69. The number of carbonyl (C=O) groups excluding carboxylic acids is 3. The van der Waals surface area contributed by atoms with Crippen molar-refractivity contribution in [1.29, 1.82) is 0 Å². The van der Waals surface area contributed by atoms with Crippen molar-refractivity contribution in [3.05, 3.63) is 78.3 Å². The molecule has 4 rings (SSSR count). The third kappa shape index (κ3) is 5.17. The lowest BCUT2D eigenvalue weighted by atomic mass is 9.82. The van der Waals surface area contributed by atoms with Gasteiger partial charge >= 0.3 is 5.97 Å². The summed E-state index contributed by atoms with van der Waals surface area (Å²) in [6, 6.07) is 10.4. The van der Waals surface area contributed by atoms with Gasteiger partial charge in [0.05, 0.1) is 23.6 Å². The summed E-state index contributed by atoms with van der Waals surface area (Å²) >= 11 is 0. The van der Waals surface area contributed by atoms with Gasteiger partial charge in [0.15, 0.2) is 8.32 Å². The summed E-state index contributed by atoms with van der Waals surface area (Å²) in [7, 11) is -1.85. The van der Waals surface area contributed by atoms with Gasteiger partial charge in [0.25, 0.3) is 5.91 Å². The molecule has 0 spiro atoms. The molecule has 2 aliphatic heterocycles. The number of carbonyl (C=O) groups is 3. The molecule has 2 aromatic rings. The van der Waals surface area contributed by atoms with E-state index in [1.54, 1.807) is 35.4 Å². The fourth-order valence-electron chi connectivity index (χ4n) is 4.79. The van der Waals surface area contributed by atoms with Gasteiger partial charge in [-0.05, 0) is 68.4 Å². The third-order valence-electron chi connectivity index (χ3n) is 6.19. The van der Waals surface area contributed by atoms with Crippen molar-refractivity contribution in [2.24, 2.45) is 5.92 Å². The molecule has 9 heteroatoms. The van der Waals surface area contributed by atoms with E-state index in [1.165, 1.54) is 12.3 Å². The molecule has 0 unspecified atom stereocenters. The largest absolute Gasteiger partial charge is 0.457 e. The summed E-state index contributed by atoms with van der Waals surface area (Å²) in [6.07, 6.45) is 4.89. The number of pyridine rings is 1. The van der Waals surface area contributed by atoms with Crippen molar-refractivity contribution in [3.8, 4) is 0 Å². The first-order valence-corrected chi connectivity index (χ1v) is 15.4. The number of nitrogens with one attached hydrogen (secondary N) is 1. The van der Waals surface area contributed by atoms with Gasteiger partial charge in [-0.3, -0.25) is 14.6 Å². The fourth-order valence-corrected chi connectivity index (χ4v) is 6.05. The van der Waals surface area contributed by atoms with E-state index in [0.717, 1.165) is 11.1 Å². The van der Waals surface area contributed by atoms with Crippen LogP contribution in [0.5, 0.6) is 0 Å². The Bertz CT molecular complexity index is 1200. The van der Waals surface area contributed by atoms with Gasteiger partial charge in [0, 0.05) is 18.1 Å². The molecule has 0 aliphatic carbocycles. The molecule has 1 aromatic carbocycles. The van der Waals surface area contributed by atoms with Crippen molar-refractivity contribution in [2.75, 3.05) is 11.9 Å². The maximum atomic E-state index is 13.2. The highest BCUT2D eigenvalue weighted by Crippen LogP contribution is 2.48. The number of fused-ring (bicyclic) bond motifs is 1. The number of anilines is 1. The number of hydrogen-bond donors (Lipinski definition) is 1. The molecular weight excluding hydrogens is 474 g/mol. The van der Waals surface area contributed by atoms with Crippen LogP contribution >= 0.6 is 0 Å². The standard InChI is InChI=1S/C27H31N3O5Si/c1-6-14-34-27(33)24-21(15-22-23(26(32)30(22)24)17(2)35-36(3,4)5)18-9-11-20(12-10-18)29-25(31)19-8-7-13-28-16-19/h6-13,16-17,22-23H,1,14-15H2,2-5H3,(H,29,31)/t17-,22-,23-/m1/s1. The SMILES string of the molecule is C=CCOC(=O)C1=C(c2ccc(NC(=O)c3cccnc3)cc2)C[C@@H]2[C@@H]([C@@H](C)O[Si](C)(C)C)C(=O)N12. The number of aromatic nitrogens is 1. The van der Waals surface area contributed by atoms with Gasteiger partial charge in [0.2, 0.25) is 5.91 Å². The Morgan fingerprint density at radius 2 is 1.97 bits per heavy atom. The van der Waals surface area contributed by atoms with E-state index in [-0.39, 0.29) is 42.2 Å². The topological polar surface area (TPSA) is 97.8 Å². The van der Waals surface area contributed by atoms with E-state index in [2.05, 4.69) is 36.5 Å². The Morgan fingerprint density at radius 3 is 2.58 bits per heavy atom. The first-order valence-electron chi connectivity index (χ1n) is 11.9. The molecule has 2 aliphatic rings. The molecular formula is C27H31N3O5Si. The second-order valence-corrected chi connectivity index (χ2v) is 14.4. The zero-order valence-electron chi connectivity index (χ0n) is 21.0. The average Bonchev–Trinajstić information content (AvgIpc) is 3.17. The number of benzene rings is 1. The van der Waals surface area contributed by atoms with E-state index in [1.807, 2.05) is 19.1 Å². The smallest absolute Gasteiger partial charge is 0.355 e. The molecule has 1 saturated heterocycles. The molecule has 0 bridgehead atoms. The Balaban J connectivity index is 1.58. The quantitative estimate of drug-likeness (QED) is 0.237. The minimum absolute atomic E-state index is 0.0557. The Hall–Kier alpha value is -3.56. The van der Waals surface area contributed by atoms with Crippen LogP contribution < -0.4 is 5.32 Å². The predicted octanol–water partition coefficient (Wildman–Crippen LogP) is 4.24. The number of amides is 2. The van der Waals surface area contributed by atoms with Gasteiger partial charge in [0.1, 0.15) is 12.3 Å². The Kier molecular flexibility index (Phi) is 7.23. The van der Waals surface area contributed by atoms with Crippen LogP contribution in [0, 0.1) is 5.92 Å². The molecule has 2 amide bonds. The second-order valence-electron chi connectivity index (χ2n) is 9.93. The van der Waals surface area contributed by atoms with Crippen molar-refractivity contribution >= 4 is 37.4 Å². The number of nitrogens with zero attached hydrogens (tertiary/aromatic N) is 2. The number of β-lactam (4-membered cyclic amide) rings is 1. The summed E-state index contributed by atoms with van der Waals surface area (Å²) in [5, 5.41) is 2.84. The number of rotatable bonds is 9. The Morgan fingerprint density at radius 1 is 1.25 bits per heavy atom. The highest BCUT2D eigenvalue weighted by atomic mass is 28.4. The van der Waals surface area contributed by atoms with Crippen molar-refractivity contribution < 1.29 is 23.5 Å². The maximum absolute atomic E-state index is 13.2. The van der Waals surface area contributed by atoms with E-state index >= 15 is 0 Å². The van der Waals surface area contributed by atoms with Gasteiger partial charge in [-0.2, -0.15) is 0 Å². The van der Waals surface area contributed by atoms with Crippen LogP contribution in [0.1, 0.15) is 29.3 Å². The third-order valence-corrected chi connectivity index (χ3v) is 7.27. The van der Waals surface area contributed by atoms with Crippen molar-refractivity contribution in [2.45, 2.75) is 45.1 Å². The van der Waals surface area contributed by atoms with Crippen LogP contribution in [-0.4, -0.2) is 54.7 Å². The fraction of sp³-hybridized carbons (Fsp3) is 0.333. The molecule has 36 heavy (non-hydrogen) atoms. The highest BCUT2D eigenvalue weighted by Gasteiger charge is 2.57. The minimum atomic E-state index is -1.85. The molecule has 0 radical (unpaired) electrons. The van der Waals surface area contributed by atoms with Crippen LogP contribution in [0.25, 0.3) is 5.57 Å². The van der Waals surface area contributed by atoms with E-state index in [9.17, 15) is 14.4 Å². The maximum Gasteiger partial charge on any atom is 0.355 e. The van der Waals surface area contributed by atoms with Gasteiger partial charge in [-0.1, -0.05) is 24.8 Å². The zero-order valence-corrected chi connectivity index (χ0v) is 22.0. The van der Waals surface area contributed by atoms with Gasteiger partial charge in [-0.25, -0.2) is 4.79 Å². The summed E-state index contributed by atoms with van der Waals surface area (Å²) in [4.78, 5) is 44.2. The van der Waals surface area contributed by atoms with Gasteiger partial charge < -0.3 is 19.4 Å². The van der Waals surface area contributed by atoms with Crippen molar-refractivity contribution in [1.82, 2.24) is 9.88 Å². The first-order chi connectivity index (χ1) is 17.1. The molecule has 1 fully saturated rings. The summed E-state index contributed by atoms with van der Waals surface area (Å²) in [5.74, 6) is -1.24. The first kappa shape index (κ1) is 25.5. The molecule has 8 nitrogen and oxygen atoms in total. The molecule has 1 aromatic heterocycles. The van der Waals surface area contributed by atoms with Crippen LogP contribution in [0.4, 0.5) is 5.69 Å². The molecule has 1 N–H and O–H groups in total. The zero-order chi connectivity index (χ0) is 26.0. The molecule has 3 atom stereocenters. The molecule has 0 saturated carbocycles. The van der Waals surface area contributed by atoms with E-state index in [0.29, 0.717) is 17.7 Å². The number of esters is 1. The predicted molar refractivity (Wildman–Crippen MR) is 139 cm³/mol. The molecule has 3 heterocycles. The monoisotopic (exact) mass is 505 g/mol. The van der Waals surface area contributed by atoms with Gasteiger partial charge in [-0.15, -0.1) is 0 Å². The molecule has 188 valence electrons. The van der Waals surface area contributed by atoms with Crippen LogP contribution in [0.3, 0.4) is 0 Å². The number of ether oxygens (including phenoxy) is 1. The van der Waals surface area contributed by atoms with E-state index in [4.69, 9.17) is 9.16 Å². The van der Waals surface area contributed by atoms with Crippen molar-refractivity contribution in [3.63, 3.8) is 0 Å². The normalized spacial score (nSPS) is 19.9. The second kappa shape index (κ2) is 10.2.